The van der Waals surface area contributed by atoms with Crippen molar-refractivity contribution in [1.29, 1.82) is 0 Å². The number of rotatable bonds is 2. The normalized spacial score (nSPS) is 11.1. The Morgan fingerprint density at radius 2 is 1.95 bits per heavy atom. The molecule has 3 rings (SSSR count). The second-order valence-corrected chi connectivity index (χ2v) is 5.16. The van der Waals surface area contributed by atoms with Gasteiger partial charge in [0.1, 0.15) is 5.82 Å². The van der Waals surface area contributed by atoms with Crippen molar-refractivity contribution in [2.24, 2.45) is 0 Å². The number of nitrogens with zero attached hydrogens (tertiary/aromatic N) is 1. The maximum Gasteiger partial charge on any atom is 0.142 e. The van der Waals surface area contributed by atoms with Gasteiger partial charge in [-0.05, 0) is 48.2 Å². The Kier molecular flexibility index (Phi) is 3.03. The van der Waals surface area contributed by atoms with E-state index in [-0.39, 0.29) is 10.8 Å². The third kappa shape index (κ3) is 2.36. The summed E-state index contributed by atoms with van der Waals surface area (Å²) in [6, 6.07) is 13.3. The predicted octanol–water partition coefficient (Wildman–Crippen LogP) is 4.79. The number of benzene rings is 2. The number of hydrogen-bond acceptors (Lipinski definition) is 0. The third-order valence-corrected chi connectivity index (χ3v) is 3.57. The van der Waals surface area contributed by atoms with Gasteiger partial charge < -0.3 is 4.57 Å². The van der Waals surface area contributed by atoms with Crippen LogP contribution in [-0.2, 0) is 6.54 Å². The summed E-state index contributed by atoms with van der Waals surface area (Å²) >= 11 is 5.69. The van der Waals surface area contributed by atoms with Crippen molar-refractivity contribution < 1.29 is 4.39 Å². The van der Waals surface area contributed by atoms with Crippen molar-refractivity contribution >= 4 is 22.5 Å². The SMILES string of the molecule is Cc1ccc2c(ccn2Cc2ccc(Cl)c(F)c2)c1. The molecule has 0 atom stereocenters. The second kappa shape index (κ2) is 4.71. The number of halogens is 2. The van der Waals surface area contributed by atoms with E-state index in [0.29, 0.717) is 6.54 Å². The average molecular weight is 274 g/mol. The fourth-order valence-corrected chi connectivity index (χ4v) is 2.41. The molecule has 0 saturated carbocycles. The van der Waals surface area contributed by atoms with E-state index in [2.05, 4.69) is 35.8 Å². The Labute approximate surface area is 116 Å². The van der Waals surface area contributed by atoms with Gasteiger partial charge in [0.2, 0.25) is 0 Å². The highest BCUT2D eigenvalue weighted by molar-refractivity contribution is 6.30. The molecule has 0 aliphatic carbocycles. The molecule has 0 spiro atoms. The van der Waals surface area contributed by atoms with Crippen molar-refractivity contribution in [2.45, 2.75) is 13.5 Å². The first kappa shape index (κ1) is 12.2. The van der Waals surface area contributed by atoms with Gasteiger partial charge in [-0.1, -0.05) is 29.3 Å². The molecule has 0 unspecified atom stereocenters. The van der Waals surface area contributed by atoms with Crippen LogP contribution in [0.4, 0.5) is 4.39 Å². The summed E-state index contributed by atoms with van der Waals surface area (Å²) in [5.41, 5.74) is 3.30. The maximum absolute atomic E-state index is 13.4. The van der Waals surface area contributed by atoms with Gasteiger partial charge in [0.25, 0.3) is 0 Å². The van der Waals surface area contributed by atoms with Gasteiger partial charge in [0.05, 0.1) is 5.02 Å². The molecular weight excluding hydrogens is 261 g/mol. The van der Waals surface area contributed by atoms with E-state index >= 15 is 0 Å². The minimum Gasteiger partial charge on any atom is -0.343 e. The summed E-state index contributed by atoms with van der Waals surface area (Å²) in [4.78, 5) is 0. The lowest BCUT2D eigenvalue weighted by Gasteiger charge is -2.07. The topological polar surface area (TPSA) is 4.93 Å². The van der Waals surface area contributed by atoms with Crippen molar-refractivity contribution in [3.63, 3.8) is 0 Å². The zero-order valence-corrected chi connectivity index (χ0v) is 11.3. The molecule has 0 aliphatic rings. The van der Waals surface area contributed by atoms with Crippen LogP contribution in [0.1, 0.15) is 11.1 Å². The van der Waals surface area contributed by atoms with E-state index in [1.807, 2.05) is 12.3 Å². The van der Waals surface area contributed by atoms with Crippen LogP contribution in [0, 0.1) is 12.7 Å². The lowest BCUT2D eigenvalue weighted by molar-refractivity contribution is 0.624. The number of aryl methyl sites for hydroxylation is 1. The van der Waals surface area contributed by atoms with Crippen molar-refractivity contribution in [1.82, 2.24) is 4.57 Å². The highest BCUT2D eigenvalue weighted by Crippen LogP contribution is 2.20. The van der Waals surface area contributed by atoms with Crippen LogP contribution in [0.3, 0.4) is 0 Å². The van der Waals surface area contributed by atoms with E-state index < -0.39 is 0 Å². The minimum atomic E-state index is -0.369. The molecule has 0 radical (unpaired) electrons. The maximum atomic E-state index is 13.4. The fraction of sp³-hybridized carbons (Fsp3) is 0.125. The van der Waals surface area contributed by atoms with Crippen LogP contribution in [0.25, 0.3) is 10.9 Å². The monoisotopic (exact) mass is 273 g/mol. The summed E-state index contributed by atoms with van der Waals surface area (Å²) in [5, 5.41) is 1.37. The van der Waals surface area contributed by atoms with E-state index in [9.17, 15) is 4.39 Å². The Morgan fingerprint density at radius 1 is 1.11 bits per heavy atom. The van der Waals surface area contributed by atoms with E-state index in [0.717, 1.165) is 11.1 Å². The second-order valence-electron chi connectivity index (χ2n) is 4.75. The molecule has 0 bridgehead atoms. The van der Waals surface area contributed by atoms with Gasteiger partial charge >= 0.3 is 0 Å². The molecule has 1 aromatic heterocycles. The minimum absolute atomic E-state index is 0.164. The zero-order valence-electron chi connectivity index (χ0n) is 10.5. The van der Waals surface area contributed by atoms with Gasteiger partial charge in [0, 0.05) is 18.3 Å². The Hall–Kier alpha value is -1.80. The largest absolute Gasteiger partial charge is 0.343 e. The highest BCUT2D eigenvalue weighted by Gasteiger charge is 2.04. The lowest BCUT2D eigenvalue weighted by atomic mass is 10.2. The predicted molar refractivity (Wildman–Crippen MR) is 77.2 cm³/mol. The number of hydrogen-bond donors (Lipinski definition) is 0. The van der Waals surface area contributed by atoms with Crippen LogP contribution >= 0.6 is 11.6 Å². The Morgan fingerprint density at radius 3 is 2.74 bits per heavy atom. The first-order valence-corrected chi connectivity index (χ1v) is 6.51. The number of aromatic nitrogens is 1. The van der Waals surface area contributed by atoms with Crippen molar-refractivity contribution in [3.8, 4) is 0 Å². The quantitative estimate of drug-likeness (QED) is 0.633. The third-order valence-electron chi connectivity index (χ3n) is 3.26. The van der Waals surface area contributed by atoms with Gasteiger partial charge in [-0.15, -0.1) is 0 Å². The molecule has 0 saturated heterocycles. The highest BCUT2D eigenvalue weighted by atomic mass is 35.5. The standard InChI is InChI=1S/C16H13ClFN/c1-11-2-5-16-13(8-11)6-7-19(16)10-12-3-4-14(17)15(18)9-12/h2-9H,10H2,1H3. The molecular formula is C16H13ClFN. The molecule has 1 heterocycles. The van der Waals surface area contributed by atoms with Gasteiger partial charge in [0.15, 0.2) is 0 Å². The van der Waals surface area contributed by atoms with Crippen molar-refractivity contribution in [3.05, 3.63) is 70.6 Å². The van der Waals surface area contributed by atoms with Crippen LogP contribution in [0.5, 0.6) is 0 Å². The molecule has 2 aromatic carbocycles. The first-order valence-electron chi connectivity index (χ1n) is 6.13. The van der Waals surface area contributed by atoms with Gasteiger partial charge in [-0.2, -0.15) is 0 Å². The molecule has 0 N–H and O–H groups in total. The van der Waals surface area contributed by atoms with Gasteiger partial charge in [-0.25, -0.2) is 4.39 Å². The van der Waals surface area contributed by atoms with E-state index in [1.165, 1.54) is 17.0 Å². The number of fused-ring (bicyclic) bond motifs is 1. The first-order chi connectivity index (χ1) is 9.13. The summed E-state index contributed by atoms with van der Waals surface area (Å²) < 4.78 is 15.5. The van der Waals surface area contributed by atoms with Crippen LogP contribution in [0.2, 0.25) is 5.02 Å². The van der Waals surface area contributed by atoms with Crippen molar-refractivity contribution in [2.75, 3.05) is 0 Å². The Bertz CT molecular complexity index is 746. The molecule has 1 nitrogen and oxygen atoms in total. The van der Waals surface area contributed by atoms with Crippen LogP contribution in [-0.4, -0.2) is 4.57 Å². The molecule has 0 aliphatic heterocycles. The summed E-state index contributed by atoms with van der Waals surface area (Å²) in [5.74, 6) is -0.369. The molecule has 0 amide bonds. The van der Waals surface area contributed by atoms with Crippen LogP contribution < -0.4 is 0 Å². The lowest BCUT2D eigenvalue weighted by Crippen LogP contribution is -1.98. The van der Waals surface area contributed by atoms with Gasteiger partial charge in [-0.3, -0.25) is 0 Å². The molecule has 3 heteroatoms. The summed E-state index contributed by atoms with van der Waals surface area (Å²) in [6.07, 6.45) is 2.02. The molecule has 96 valence electrons. The smallest absolute Gasteiger partial charge is 0.142 e. The Balaban J connectivity index is 1.98. The molecule has 3 aromatic rings. The summed E-state index contributed by atoms with van der Waals surface area (Å²) in [6.45, 7) is 2.71. The van der Waals surface area contributed by atoms with Crippen LogP contribution in [0.15, 0.2) is 48.7 Å². The molecule has 0 fully saturated rings. The summed E-state index contributed by atoms with van der Waals surface area (Å²) in [7, 11) is 0. The molecule has 19 heavy (non-hydrogen) atoms. The zero-order chi connectivity index (χ0) is 13.4. The van der Waals surface area contributed by atoms with E-state index in [4.69, 9.17) is 11.6 Å². The average Bonchev–Trinajstić information content (AvgIpc) is 2.76. The van der Waals surface area contributed by atoms with E-state index in [1.54, 1.807) is 6.07 Å². The fourth-order valence-electron chi connectivity index (χ4n) is 2.29.